The van der Waals surface area contributed by atoms with E-state index in [2.05, 4.69) is 72.3 Å². The highest BCUT2D eigenvalue weighted by Crippen LogP contribution is 2.49. The van der Waals surface area contributed by atoms with Crippen LogP contribution >= 0.6 is 11.8 Å². The topological polar surface area (TPSA) is 35.6 Å². The van der Waals surface area contributed by atoms with Gasteiger partial charge in [-0.05, 0) is 75.5 Å². The lowest BCUT2D eigenvalue weighted by molar-refractivity contribution is 0.0951. The Kier molecular flexibility index (Phi) is 7.24. The molecule has 2 aromatic carbocycles. The van der Waals surface area contributed by atoms with Crippen molar-refractivity contribution in [2.45, 2.75) is 62.3 Å². The quantitative estimate of drug-likeness (QED) is 0.554. The molecule has 166 valence electrons. The minimum absolute atomic E-state index is 0.0297. The van der Waals surface area contributed by atoms with Crippen molar-refractivity contribution in [3.05, 3.63) is 48.0 Å². The van der Waals surface area contributed by atoms with E-state index in [0.29, 0.717) is 12.0 Å². The Morgan fingerprint density at radius 2 is 1.81 bits per heavy atom. The molecular weight excluding hydrogens is 402 g/mol. The Balaban J connectivity index is 1.58. The summed E-state index contributed by atoms with van der Waals surface area (Å²) in [4.78, 5) is 20.4. The van der Waals surface area contributed by atoms with Crippen molar-refractivity contribution in [3.63, 3.8) is 0 Å². The number of carbonyl (C=O) groups is 1. The first kappa shape index (κ1) is 22.2. The molecule has 0 aromatic heterocycles. The number of nitrogens with one attached hydrogen (secondary N) is 1. The number of likely N-dealkylation sites (tertiary alicyclic amines) is 1. The molecule has 1 saturated heterocycles. The number of hydrogen-bond acceptors (Lipinski definition) is 4. The Morgan fingerprint density at radius 1 is 1.06 bits per heavy atom. The summed E-state index contributed by atoms with van der Waals surface area (Å²) in [5, 5.41) is 3.12. The molecule has 2 atom stereocenters. The smallest absolute Gasteiger partial charge is 0.251 e. The lowest BCUT2D eigenvalue weighted by Gasteiger charge is -2.39. The van der Waals surface area contributed by atoms with Gasteiger partial charge in [0.2, 0.25) is 0 Å². The van der Waals surface area contributed by atoms with E-state index in [1.807, 2.05) is 6.07 Å². The molecule has 0 spiro atoms. The van der Waals surface area contributed by atoms with Crippen LogP contribution in [0.1, 0.15) is 56.8 Å². The maximum Gasteiger partial charge on any atom is 0.251 e. The molecule has 5 heteroatoms. The van der Waals surface area contributed by atoms with Crippen LogP contribution in [-0.2, 0) is 0 Å². The highest BCUT2D eigenvalue weighted by molar-refractivity contribution is 7.99. The molecule has 31 heavy (non-hydrogen) atoms. The van der Waals surface area contributed by atoms with Gasteiger partial charge in [-0.1, -0.05) is 44.2 Å². The van der Waals surface area contributed by atoms with Gasteiger partial charge >= 0.3 is 0 Å². The molecule has 0 bridgehead atoms. The molecule has 1 N–H and O–H groups in total. The van der Waals surface area contributed by atoms with Gasteiger partial charge in [0.05, 0.1) is 11.4 Å². The zero-order chi connectivity index (χ0) is 21.8. The van der Waals surface area contributed by atoms with E-state index in [9.17, 15) is 4.79 Å². The number of rotatable bonds is 8. The van der Waals surface area contributed by atoms with Crippen molar-refractivity contribution >= 4 is 29.0 Å². The first-order valence-corrected chi connectivity index (χ1v) is 12.6. The number of benzene rings is 2. The van der Waals surface area contributed by atoms with Crippen molar-refractivity contribution in [1.82, 2.24) is 10.2 Å². The zero-order valence-corrected chi connectivity index (χ0v) is 19.9. The molecule has 1 amide bonds. The second kappa shape index (κ2) is 10.1. The summed E-state index contributed by atoms with van der Waals surface area (Å²) in [6.45, 7) is 10.9. The Bertz CT molecular complexity index is 909. The van der Waals surface area contributed by atoms with Gasteiger partial charge in [0.25, 0.3) is 5.91 Å². The molecule has 2 unspecified atom stereocenters. The van der Waals surface area contributed by atoms with Gasteiger partial charge in [0.15, 0.2) is 0 Å². The van der Waals surface area contributed by atoms with Crippen LogP contribution in [0.15, 0.2) is 52.3 Å². The number of amides is 1. The second-order valence-electron chi connectivity index (χ2n) is 9.04. The van der Waals surface area contributed by atoms with E-state index in [1.54, 1.807) is 11.8 Å². The molecule has 0 saturated carbocycles. The number of para-hydroxylation sites is 1. The van der Waals surface area contributed by atoms with Gasteiger partial charge in [-0.15, -0.1) is 0 Å². The number of fused-ring (bicyclic) bond motifs is 2. The zero-order valence-electron chi connectivity index (χ0n) is 19.1. The Hall–Kier alpha value is -1.98. The van der Waals surface area contributed by atoms with Crippen LogP contribution in [0.25, 0.3) is 0 Å². The molecule has 2 aliphatic rings. The third-order valence-corrected chi connectivity index (χ3v) is 7.74. The van der Waals surface area contributed by atoms with E-state index < -0.39 is 0 Å². The third kappa shape index (κ3) is 5.09. The SMILES string of the molecule is CCC(C)CCNC(=O)c1ccc2c(c1)N(C(C)CN1CCCC1)c1ccccc1S2. The van der Waals surface area contributed by atoms with Gasteiger partial charge < -0.3 is 15.1 Å². The minimum atomic E-state index is 0.0297. The van der Waals surface area contributed by atoms with E-state index in [1.165, 1.54) is 41.4 Å². The first-order valence-electron chi connectivity index (χ1n) is 11.8. The van der Waals surface area contributed by atoms with Crippen LogP contribution < -0.4 is 10.2 Å². The fourth-order valence-electron chi connectivity index (χ4n) is 4.56. The largest absolute Gasteiger partial charge is 0.352 e. The van der Waals surface area contributed by atoms with Crippen LogP contribution in [0.5, 0.6) is 0 Å². The predicted octanol–water partition coefficient (Wildman–Crippen LogP) is 5.94. The van der Waals surface area contributed by atoms with Crippen LogP contribution in [0.4, 0.5) is 11.4 Å². The molecule has 4 rings (SSSR count). The van der Waals surface area contributed by atoms with Crippen molar-refractivity contribution < 1.29 is 4.79 Å². The summed E-state index contributed by atoms with van der Waals surface area (Å²) >= 11 is 1.80. The fraction of sp³-hybridized carbons (Fsp3) is 0.500. The summed E-state index contributed by atoms with van der Waals surface area (Å²) in [5.74, 6) is 0.667. The van der Waals surface area contributed by atoms with Crippen molar-refractivity contribution in [3.8, 4) is 0 Å². The summed E-state index contributed by atoms with van der Waals surface area (Å²) in [7, 11) is 0. The van der Waals surface area contributed by atoms with Crippen LogP contribution in [0, 0.1) is 5.92 Å². The van der Waals surface area contributed by atoms with Crippen LogP contribution in [0.3, 0.4) is 0 Å². The molecule has 2 heterocycles. The third-order valence-electron chi connectivity index (χ3n) is 6.61. The minimum Gasteiger partial charge on any atom is -0.352 e. The molecule has 4 nitrogen and oxygen atoms in total. The summed E-state index contributed by atoms with van der Waals surface area (Å²) in [6, 6.07) is 15.2. The lowest BCUT2D eigenvalue weighted by atomic mass is 10.1. The van der Waals surface area contributed by atoms with Gasteiger partial charge in [-0.3, -0.25) is 4.79 Å². The summed E-state index contributed by atoms with van der Waals surface area (Å²) in [5.41, 5.74) is 3.16. The summed E-state index contributed by atoms with van der Waals surface area (Å²) in [6.07, 6.45) is 4.78. The van der Waals surface area contributed by atoms with E-state index in [0.717, 1.165) is 37.2 Å². The molecule has 1 fully saturated rings. The Morgan fingerprint density at radius 3 is 2.58 bits per heavy atom. The van der Waals surface area contributed by atoms with Crippen molar-refractivity contribution in [2.24, 2.45) is 5.92 Å². The van der Waals surface area contributed by atoms with Crippen molar-refractivity contribution in [2.75, 3.05) is 31.1 Å². The first-order chi connectivity index (χ1) is 15.1. The fourth-order valence-corrected chi connectivity index (χ4v) is 5.61. The summed E-state index contributed by atoms with van der Waals surface area (Å²) < 4.78 is 0. The maximum absolute atomic E-state index is 12.9. The van der Waals surface area contributed by atoms with Gasteiger partial charge in [0.1, 0.15) is 0 Å². The highest BCUT2D eigenvalue weighted by atomic mass is 32.2. The van der Waals surface area contributed by atoms with E-state index in [-0.39, 0.29) is 5.91 Å². The molecule has 2 aromatic rings. The molecular formula is C26H35N3OS. The molecule has 0 radical (unpaired) electrons. The Labute approximate surface area is 191 Å². The van der Waals surface area contributed by atoms with Gasteiger partial charge in [-0.2, -0.15) is 0 Å². The highest BCUT2D eigenvalue weighted by Gasteiger charge is 2.29. The van der Waals surface area contributed by atoms with Gasteiger partial charge in [0, 0.05) is 34.5 Å². The lowest BCUT2D eigenvalue weighted by Crippen LogP contribution is -2.40. The maximum atomic E-state index is 12.9. The van der Waals surface area contributed by atoms with Crippen LogP contribution in [-0.4, -0.2) is 43.0 Å². The average molecular weight is 438 g/mol. The molecule has 2 aliphatic heterocycles. The van der Waals surface area contributed by atoms with E-state index in [4.69, 9.17) is 0 Å². The van der Waals surface area contributed by atoms with Crippen LogP contribution in [0.2, 0.25) is 0 Å². The number of nitrogens with zero attached hydrogens (tertiary/aromatic N) is 2. The van der Waals surface area contributed by atoms with E-state index >= 15 is 0 Å². The standard InChI is InChI=1S/C26H35N3OS/c1-4-19(2)13-14-27-26(30)21-11-12-25-23(17-21)29(20(3)18-28-15-7-8-16-28)22-9-5-6-10-24(22)31-25/h5-6,9-12,17,19-20H,4,7-8,13-16,18H2,1-3H3,(H,27,30). The number of carbonyl (C=O) groups excluding carboxylic acids is 1. The van der Waals surface area contributed by atoms with Crippen molar-refractivity contribution in [1.29, 1.82) is 0 Å². The predicted molar refractivity (Wildman–Crippen MR) is 131 cm³/mol. The monoisotopic (exact) mass is 437 g/mol. The second-order valence-corrected chi connectivity index (χ2v) is 10.1. The number of anilines is 2. The number of hydrogen-bond donors (Lipinski definition) is 1. The average Bonchev–Trinajstić information content (AvgIpc) is 3.29. The van der Waals surface area contributed by atoms with Gasteiger partial charge in [-0.25, -0.2) is 0 Å². The molecule has 0 aliphatic carbocycles. The normalized spacial score (nSPS) is 17.7.